The van der Waals surface area contributed by atoms with Crippen LogP contribution in [0.3, 0.4) is 0 Å². The second-order valence-electron chi connectivity index (χ2n) is 6.32. The number of carboxylic acid groups (broad SMARTS) is 1. The lowest BCUT2D eigenvalue weighted by Crippen LogP contribution is -2.52. The molecule has 0 unspecified atom stereocenters. The van der Waals surface area contributed by atoms with Gasteiger partial charge in [-0.05, 0) is 12.8 Å². The Morgan fingerprint density at radius 2 is 2.04 bits per heavy atom. The summed E-state index contributed by atoms with van der Waals surface area (Å²) in [5, 5.41) is 12.4. The Labute approximate surface area is 144 Å². The van der Waals surface area contributed by atoms with E-state index in [1.54, 1.807) is 27.2 Å². The van der Waals surface area contributed by atoms with Crippen LogP contribution in [0.4, 0.5) is 0 Å². The zero-order chi connectivity index (χ0) is 17.3. The van der Waals surface area contributed by atoms with Crippen LogP contribution in [-0.2, 0) is 10.3 Å². The van der Waals surface area contributed by atoms with Gasteiger partial charge in [-0.15, -0.1) is 11.3 Å². The summed E-state index contributed by atoms with van der Waals surface area (Å²) in [5.41, 5.74) is -0.576. The second kappa shape index (κ2) is 6.35. The van der Waals surface area contributed by atoms with Gasteiger partial charge >= 0.3 is 5.97 Å². The topological polar surface area (TPSA) is 88.3 Å². The fourth-order valence-electron chi connectivity index (χ4n) is 2.99. The summed E-state index contributed by atoms with van der Waals surface area (Å²) in [5.74, 6) is -0.718. The molecule has 1 fully saturated rings. The molecule has 0 bridgehead atoms. The van der Waals surface area contributed by atoms with Gasteiger partial charge in [-0.2, -0.15) is 0 Å². The van der Waals surface area contributed by atoms with E-state index < -0.39 is 11.5 Å². The molecule has 128 valence electrons. The SMILES string of the molecule is CC(C)c1nc(C(=O)N2CCC(C(=O)O)(n3ccnc3)CC2)cs1. The average Bonchev–Trinajstić information content (AvgIpc) is 3.25. The van der Waals surface area contributed by atoms with Crippen molar-refractivity contribution in [2.24, 2.45) is 0 Å². The zero-order valence-corrected chi connectivity index (χ0v) is 14.5. The summed E-state index contributed by atoms with van der Waals surface area (Å²) in [6.45, 7) is 4.86. The molecule has 0 spiro atoms. The Bertz CT molecular complexity index is 730. The Morgan fingerprint density at radius 1 is 1.33 bits per heavy atom. The number of amides is 1. The Kier molecular flexibility index (Phi) is 4.40. The normalized spacial score (nSPS) is 17.2. The van der Waals surface area contributed by atoms with Gasteiger partial charge in [0.1, 0.15) is 11.2 Å². The van der Waals surface area contributed by atoms with E-state index in [4.69, 9.17) is 0 Å². The molecule has 1 aliphatic heterocycles. The van der Waals surface area contributed by atoms with Crippen LogP contribution in [0, 0.1) is 0 Å². The number of carbonyl (C=O) groups is 2. The van der Waals surface area contributed by atoms with Crippen LogP contribution in [-0.4, -0.2) is 49.5 Å². The predicted molar refractivity (Wildman–Crippen MR) is 89.2 cm³/mol. The summed E-state index contributed by atoms with van der Waals surface area (Å²) >= 11 is 1.49. The molecular formula is C16H20N4O3S. The maximum absolute atomic E-state index is 12.6. The fourth-order valence-corrected chi connectivity index (χ4v) is 3.80. The number of carboxylic acids is 1. The van der Waals surface area contributed by atoms with Crippen molar-refractivity contribution >= 4 is 23.2 Å². The highest BCUT2D eigenvalue weighted by Gasteiger charge is 2.44. The molecule has 1 aliphatic rings. The van der Waals surface area contributed by atoms with E-state index >= 15 is 0 Å². The van der Waals surface area contributed by atoms with Crippen molar-refractivity contribution in [3.05, 3.63) is 34.8 Å². The number of thiazole rings is 1. The number of likely N-dealkylation sites (tertiary alicyclic amines) is 1. The van der Waals surface area contributed by atoms with Gasteiger partial charge in [0, 0.05) is 36.8 Å². The van der Waals surface area contributed by atoms with Gasteiger partial charge < -0.3 is 14.6 Å². The molecule has 24 heavy (non-hydrogen) atoms. The molecule has 3 heterocycles. The predicted octanol–water partition coefficient (Wildman–Crippen LogP) is 2.18. The number of nitrogens with zero attached hydrogens (tertiary/aromatic N) is 4. The third-order valence-electron chi connectivity index (χ3n) is 4.51. The average molecular weight is 348 g/mol. The first-order valence-electron chi connectivity index (χ1n) is 7.90. The molecule has 0 radical (unpaired) electrons. The van der Waals surface area contributed by atoms with Crippen molar-refractivity contribution in [2.75, 3.05) is 13.1 Å². The zero-order valence-electron chi connectivity index (χ0n) is 13.7. The first-order chi connectivity index (χ1) is 11.4. The van der Waals surface area contributed by atoms with Crippen molar-refractivity contribution in [3.8, 4) is 0 Å². The standard InChI is InChI=1S/C16H20N4O3S/c1-11(2)13-18-12(9-24-13)14(21)19-6-3-16(4-7-19,15(22)23)20-8-5-17-10-20/h5,8-11H,3-4,6-7H2,1-2H3,(H,22,23). The lowest BCUT2D eigenvalue weighted by molar-refractivity contribution is -0.150. The molecule has 0 aromatic carbocycles. The number of imidazole rings is 1. The number of piperidine rings is 1. The van der Waals surface area contributed by atoms with Crippen LogP contribution in [0.25, 0.3) is 0 Å². The Morgan fingerprint density at radius 3 is 2.54 bits per heavy atom. The van der Waals surface area contributed by atoms with E-state index in [0.717, 1.165) is 5.01 Å². The van der Waals surface area contributed by atoms with Crippen molar-refractivity contribution in [1.29, 1.82) is 0 Å². The molecule has 0 atom stereocenters. The number of aromatic nitrogens is 3. The van der Waals surface area contributed by atoms with E-state index in [-0.39, 0.29) is 5.91 Å². The summed E-state index contributed by atoms with van der Waals surface area (Å²) in [4.78, 5) is 34.5. The summed E-state index contributed by atoms with van der Waals surface area (Å²) in [6.07, 6.45) is 5.48. The fraction of sp³-hybridized carbons (Fsp3) is 0.500. The molecule has 7 nitrogen and oxygen atoms in total. The number of hydrogen-bond acceptors (Lipinski definition) is 5. The van der Waals surface area contributed by atoms with Crippen molar-refractivity contribution in [2.45, 2.75) is 38.1 Å². The first kappa shape index (κ1) is 16.6. The van der Waals surface area contributed by atoms with Crippen LogP contribution >= 0.6 is 11.3 Å². The lowest BCUT2D eigenvalue weighted by Gasteiger charge is -2.39. The van der Waals surface area contributed by atoms with Crippen LogP contribution in [0.2, 0.25) is 0 Å². The van der Waals surface area contributed by atoms with E-state index in [9.17, 15) is 14.7 Å². The largest absolute Gasteiger partial charge is 0.479 e. The molecular weight excluding hydrogens is 328 g/mol. The quantitative estimate of drug-likeness (QED) is 0.915. The van der Waals surface area contributed by atoms with Gasteiger partial charge in [0.05, 0.1) is 11.3 Å². The molecule has 0 saturated carbocycles. The van der Waals surface area contributed by atoms with Crippen molar-refractivity contribution < 1.29 is 14.7 Å². The number of rotatable bonds is 4. The molecule has 2 aromatic heterocycles. The van der Waals surface area contributed by atoms with Crippen LogP contribution in [0.1, 0.15) is 48.1 Å². The minimum Gasteiger partial charge on any atom is -0.479 e. The number of aliphatic carboxylic acids is 1. The van der Waals surface area contributed by atoms with Crippen LogP contribution < -0.4 is 0 Å². The summed E-state index contributed by atoms with van der Waals surface area (Å²) in [6, 6.07) is 0. The second-order valence-corrected chi connectivity index (χ2v) is 7.21. The first-order valence-corrected chi connectivity index (χ1v) is 8.78. The van der Waals surface area contributed by atoms with E-state index in [0.29, 0.717) is 37.5 Å². The van der Waals surface area contributed by atoms with Crippen LogP contribution in [0.5, 0.6) is 0 Å². The Hall–Kier alpha value is -2.22. The van der Waals surface area contributed by atoms with E-state index in [1.165, 1.54) is 17.7 Å². The molecule has 1 amide bonds. The van der Waals surface area contributed by atoms with Gasteiger partial charge in [0.2, 0.25) is 0 Å². The maximum atomic E-state index is 12.6. The molecule has 1 saturated heterocycles. The highest BCUT2D eigenvalue weighted by molar-refractivity contribution is 7.09. The van der Waals surface area contributed by atoms with Gasteiger partial charge in [0.25, 0.3) is 5.91 Å². The highest BCUT2D eigenvalue weighted by atomic mass is 32.1. The third-order valence-corrected chi connectivity index (χ3v) is 5.65. The highest BCUT2D eigenvalue weighted by Crippen LogP contribution is 2.31. The van der Waals surface area contributed by atoms with Crippen molar-refractivity contribution in [1.82, 2.24) is 19.4 Å². The maximum Gasteiger partial charge on any atom is 0.330 e. The minimum absolute atomic E-state index is 0.122. The Balaban J connectivity index is 1.74. The third kappa shape index (κ3) is 2.82. The van der Waals surface area contributed by atoms with Gasteiger partial charge in [-0.3, -0.25) is 4.79 Å². The molecule has 2 aromatic rings. The van der Waals surface area contributed by atoms with Gasteiger partial charge in [-0.25, -0.2) is 14.8 Å². The minimum atomic E-state index is -1.03. The van der Waals surface area contributed by atoms with Crippen molar-refractivity contribution in [3.63, 3.8) is 0 Å². The summed E-state index contributed by atoms with van der Waals surface area (Å²) < 4.78 is 1.64. The molecule has 0 aliphatic carbocycles. The van der Waals surface area contributed by atoms with E-state index in [2.05, 4.69) is 9.97 Å². The molecule has 1 N–H and O–H groups in total. The number of hydrogen-bond donors (Lipinski definition) is 1. The van der Waals surface area contributed by atoms with Gasteiger partial charge in [-0.1, -0.05) is 13.8 Å². The monoisotopic (exact) mass is 348 g/mol. The molecule has 3 rings (SSSR count). The smallest absolute Gasteiger partial charge is 0.330 e. The lowest BCUT2D eigenvalue weighted by atomic mass is 9.87. The van der Waals surface area contributed by atoms with E-state index in [1.807, 2.05) is 13.8 Å². The number of carbonyl (C=O) groups excluding carboxylic acids is 1. The van der Waals surface area contributed by atoms with Gasteiger partial charge in [0.15, 0.2) is 0 Å². The molecule has 8 heteroatoms. The van der Waals surface area contributed by atoms with Crippen LogP contribution in [0.15, 0.2) is 24.1 Å². The summed E-state index contributed by atoms with van der Waals surface area (Å²) in [7, 11) is 0.